The Bertz CT molecular complexity index is 1620. The van der Waals surface area contributed by atoms with Crippen molar-refractivity contribution in [2.45, 2.75) is 327 Å². The number of nitrogens with one attached hydrogen (secondary N) is 1. The van der Waals surface area contributed by atoms with Crippen molar-refractivity contribution in [1.29, 1.82) is 0 Å². The predicted octanol–water partition coefficient (Wildman–Crippen LogP) is 16.1. The van der Waals surface area contributed by atoms with Crippen LogP contribution in [0.4, 0.5) is 0 Å². The van der Waals surface area contributed by atoms with E-state index in [9.17, 15) is 35.1 Å². The molecule has 11 nitrogen and oxygen atoms in total. The summed E-state index contributed by atoms with van der Waals surface area (Å²) >= 11 is 0. The second kappa shape index (κ2) is 56.3. The molecule has 8 unspecified atom stereocenters. The van der Waals surface area contributed by atoms with Gasteiger partial charge in [-0.3, -0.25) is 9.59 Å². The third-order valence-electron chi connectivity index (χ3n) is 15.0. The molecule has 6 N–H and O–H groups in total. The van der Waals surface area contributed by atoms with Crippen LogP contribution in [0.5, 0.6) is 0 Å². The zero-order chi connectivity index (χ0) is 58.2. The first-order valence-electron chi connectivity index (χ1n) is 32.9. The number of esters is 1. The van der Waals surface area contributed by atoms with E-state index >= 15 is 0 Å². The first-order valence-corrected chi connectivity index (χ1v) is 32.9. The van der Waals surface area contributed by atoms with E-state index in [2.05, 4.69) is 99.0 Å². The van der Waals surface area contributed by atoms with Crippen molar-refractivity contribution in [3.05, 3.63) is 85.1 Å². The van der Waals surface area contributed by atoms with Gasteiger partial charge < -0.3 is 45.1 Å². The zero-order valence-electron chi connectivity index (χ0n) is 51.2. The molecular weight excluding hydrogens is 1000 g/mol. The van der Waals surface area contributed by atoms with E-state index in [0.29, 0.717) is 12.8 Å². The standard InChI is InChI=1S/C69H121NO10/c1-4-7-10-13-16-19-22-24-25-26-27-28-29-30-31-32-33-34-35-36-37-39-42-45-48-51-54-57-64(74)80-67-66(76)65(75)63(58-71)79-69(67)78-59-60(61(72)55-52-49-46-43-40-21-18-15-12-9-6-3)70-68(77)62(73)56-53-50-47-44-41-38-23-20-17-14-11-8-5-2/h8,11,16-17,19-20,24-25,27-28,30-31,52,55,60-63,65-67,69,71-73,75-76H,4-7,9-10,12-15,18,21-23,26,29,32-51,53-54,56-59H2,1-3H3,(H,70,77)/b11-8+,19-16-,20-17+,25-24-,28-27-,31-30-,55-52+. The number of aliphatic hydroxyl groups excluding tert-OH is 5. The van der Waals surface area contributed by atoms with Crippen LogP contribution in [0.25, 0.3) is 0 Å². The summed E-state index contributed by atoms with van der Waals surface area (Å²) in [6.07, 6.45) is 63.4. The number of carbonyl (C=O) groups excluding carboxylic acids is 2. The van der Waals surface area contributed by atoms with Gasteiger partial charge in [0.25, 0.3) is 0 Å². The van der Waals surface area contributed by atoms with Crippen molar-refractivity contribution in [2.75, 3.05) is 13.2 Å². The Kier molecular flexibility index (Phi) is 52.7. The van der Waals surface area contributed by atoms with Crippen LogP contribution in [0.2, 0.25) is 0 Å². The number of allylic oxidation sites excluding steroid dienone is 13. The first kappa shape index (κ1) is 74.9. The van der Waals surface area contributed by atoms with Gasteiger partial charge in [0.05, 0.1) is 25.4 Å². The van der Waals surface area contributed by atoms with E-state index in [4.69, 9.17) is 14.2 Å². The summed E-state index contributed by atoms with van der Waals surface area (Å²) in [5.41, 5.74) is 0. The summed E-state index contributed by atoms with van der Waals surface area (Å²) in [6.45, 7) is 5.64. The van der Waals surface area contributed by atoms with Gasteiger partial charge in [0.2, 0.25) is 5.91 Å². The topological polar surface area (TPSA) is 175 Å². The lowest BCUT2D eigenvalue weighted by molar-refractivity contribution is -0.305. The number of hydrogen-bond acceptors (Lipinski definition) is 10. The highest BCUT2D eigenvalue weighted by atomic mass is 16.7. The number of hydrogen-bond donors (Lipinski definition) is 6. The maximum atomic E-state index is 13.4. The molecule has 0 aromatic heterocycles. The average Bonchev–Trinajstić information content (AvgIpc) is 3.46. The van der Waals surface area contributed by atoms with Crippen LogP contribution in [-0.2, 0) is 23.8 Å². The highest BCUT2D eigenvalue weighted by molar-refractivity contribution is 5.80. The summed E-state index contributed by atoms with van der Waals surface area (Å²) in [4.78, 5) is 26.6. The van der Waals surface area contributed by atoms with Crippen molar-refractivity contribution >= 4 is 11.9 Å². The second-order valence-corrected chi connectivity index (χ2v) is 22.5. The maximum Gasteiger partial charge on any atom is 0.306 e. The first-order chi connectivity index (χ1) is 39.2. The summed E-state index contributed by atoms with van der Waals surface area (Å²) < 4.78 is 17.6. The van der Waals surface area contributed by atoms with Crippen LogP contribution in [0.3, 0.4) is 0 Å². The van der Waals surface area contributed by atoms with Gasteiger partial charge in [0.1, 0.15) is 24.4 Å². The normalized spacial score (nSPS) is 19.3. The fourth-order valence-electron chi connectivity index (χ4n) is 9.85. The molecular formula is C69H121NO10. The highest BCUT2D eigenvalue weighted by Gasteiger charge is 2.47. The highest BCUT2D eigenvalue weighted by Crippen LogP contribution is 2.26. The summed E-state index contributed by atoms with van der Waals surface area (Å²) in [5, 5.41) is 57.0. The minimum Gasteiger partial charge on any atom is -0.454 e. The summed E-state index contributed by atoms with van der Waals surface area (Å²) in [5.74, 6) is -1.21. The molecule has 0 bridgehead atoms. The lowest BCUT2D eigenvalue weighted by atomic mass is 9.99. The fraction of sp³-hybridized carbons (Fsp3) is 0.768. The van der Waals surface area contributed by atoms with Gasteiger partial charge in [0, 0.05) is 6.42 Å². The van der Waals surface area contributed by atoms with Crippen LogP contribution < -0.4 is 5.32 Å². The molecule has 11 heteroatoms. The number of amides is 1. The third kappa shape index (κ3) is 43.5. The Morgan fingerprint density at radius 3 is 1.38 bits per heavy atom. The Hall–Kier alpha value is -3.16. The molecule has 0 aromatic rings. The molecule has 0 saturated carbocycles. The molecule has 1 fully saturated rings. The molecule has 1 aliphatic rings. The van der Waals surface area contributed by atoms with Crippen molar-refractivity contribution in [3.63, 3.8) is 0 Å². The van der Waals surface area contributed by atoms with Crippen LogP contribution in [-0.4, -0.2) is 99.6 Å². The number of aliphatic hydroxyl groups is 5. The molecule has 1 aliphatic heterocycles. The molecule has 0 aromatic carbocycles. The largest absolute Gasteiger partial charge is 0.454 e. The number of ether oxygens (including phenoxy) is 3. The molecule has 0 aliphatic carbocycles. The van der Waals surface area contributed by atoms with Gasteiger partial charge in [0.15, 0.2) is 12.4 Å². The monoisotopic (exact) mass is 1120 g/mol. The Morgan fingerprint density at radius 2 is 0.900 bits per heavy atom. The molecule has 0 spiro atoms. The lowest BCUT2D eigenvalue weighted by Gasteiger charge is -2.41. The maximum absolute atomic E-state index is 13.4. The van der Waals surface area contributed by atoms with E-state index in [1.807, 2.05) is 6.08 Å². The SMILES string of the molecule is CC/C=C/C/C=C/CCCCCCCCC(O)C(=O)NC(COC1OC(CO)C(O)C(O)C1OC(=O)CCCCCCCCCCCCC/C=C\C/C=C\C/C=C\C/C=C\CCCCC)C(O)/C=C/CCCCCCCCCCC. The second-order valence-electron chi connectivity index (χ2n) is 22.5. The summed E-state index contributed by atoms with van der Waals surface area (Å²) in [6, 6.07) is -1.03. The van der Waals surface area contributed by atoms with E-state index in [1.54, 1.807) is 6.08 Å². The van der Waals surface area contributed by atoms with Crippen molar-refractivity contribution in [2.24, 2.45) is 0 Å². The Morgan fingerprint density at radius 1 is 0.500 bits per heavy atom. The van der Waals surface area contributed by atoms with Crippen molar-refractivity contribution in [3.8, 4) is 0 Å². The molecule has 0 radical (unpaired) electrons. The van der Waals surface area contributed by atoms with Gasteiger partial charge >= 0.3 is 5.97 Å². The van der Waals surface area contributed by atoms with Gasteiger partial charge in [-0.15, -0.1) is 0 Å². The smallest absolute Gasteiger partial charge is 0.306 e. The van der Waals surface area contributed by atoms with Crippen LogP contribution in [0.15, 0.2) is 85.1 Å². The molecule has 1 saturated heterocycles. The zero-order valence-corrected chi connectivity index (χ0v) is 51.2. The minimum atomic E-state index is -1.62. The number of rotatable bonds is 55. The van der Waals surface area contributed by atoms with E-state index in [0.717, 1.165) is 116 Å². The van der Waals surface area contributed by atoms with E-state index < -0.39 is 67.4 Å². The van der Waals surface area contributed by atoms with E-state index in [-0.39, 0.29) is 19.4 Å². The predicted molar refractivity (Wildman–Crippen MR) is 333 cm³/mol. The molecule has 462 valence electrons. The number of carbonyl (C=O) groups is 2. The third-order valence-corrected chi connectivity index (χ3v) is 15.0. The minimum absolute atomic E-state index is 0.116. The van der Waals surface area contributed by atoms with Crippen molar-refractivity contribution in [1.82, 2.24) is 5.32 Å². The van der Waals surface area contributed by atoms with Gasteiger partial charge in [-0.05, 0) is 96.3 Å². The van der Waals surface area contributed by atoms with E-state index in [1.165, 1.54) is 116 Å². The Labute approximate surface area is 489 Å². The number of unbranched alkanes of at least 4 members (excludes halogenated alkanes) is 29. The molecule has 1 heterocycles. The average molecular weight is 1120 g/mol. The summed E-state index contributed by atoms with van der Waals surface area (Å²) in [7, 11) is 0. The van der Waals surface area contributed by atoms with Crippen molar-refractivity contribution < 1.29 is 49.3 Å². The van der Waals surface area contributed by atoms with Crippen LogP contribution in [0, 0.1) is 0 Å². The van der Waals surface area contributed by atoms with Crippen LogP contribution >= 0.6 is 0 Å². The Balaban J connectivity index is 2.55. The van der Waals surface area contributed by atoms with Gasteiger partial charge in [-0.2, -0.15) is 0 Å². The molecule has 8 atom stereocenters. The fourth-order valence-corrected chi connectivity index (χ4v) is 9.85. The van der Waals surface area contributed by atoms with Crippen LogP contribution in [0.1, 0.15) is 278 Å². The molecule has 80 heavy (non-hydrogen) atoms. The van der Waals surface area contributed by atoms with Gasteiger partial charge in [-0.25, -0.2) is 0 Å². The quantitative estimate of drug-likeness (QED) is 0.0195. The lowest BCUT2D eigenvalue weighted by Crippen LogP contribution is -2.61. The van der Waals surface area contributed by atoms with Gasteiger partial charge in [-0.1, -0.05) is 260 Å². The molecule has 1 amide bonds. The molecule has 1 rings (SSSR count).